The maximum Gasteiger partial charge on any atom is 0.261 e. The van der Waals surface area contributed by atoms with E-state index in [4.69, 9.17) is 5.11 Å². The normalized spacial score (nSPS) is 13.8. The van der Waals surface area contributed by atoms with E-state index in [-0.39, 0.29) is 6.54 Å². The summed E-state index contributed by atoms with van der Waals surface area (Å²) >= 11 is 0. The van der Waals surface area contributed by atoms with Crippen molar-refractivity contribution >= 4 is 10.0 Å². The van der Waals surface area contributed by atoms with Crippen LogP contribution in [0.1, 0.15) is 6.92 Å². The lowest BCUT2D eigenvalue weighted by Gasteiger charge is -2.07. The molecule has 1 heterocycles. The van der Waals surface area contributed by atoms with E-state index in [1.54, 1.807) is 0 Å². The molecule has 0 amide bonds. The summed E-state index contributed by atoms with van der Waals surface area (Å²) in [6, 6.07) is 2.30. The topological polar surface area (TPSA) is 79.3 Å². The molecule has 0 fully saturated rings. The number of pyridine rings is 1. The first-order chi connectivity index (χ1) is 6.93. The van der Waals surface area contributed by atoms with Crippen molar-refractivity contribution in [3.63, 3.8) is 0 Å². The third-order valence-corrected chi connectivity index (χ3v) is 2.90. The van der Waals surface area contributed by atoms with Crippen LogP contribution in [0.2, 0.25) is 0 Å². The number of rotatable bonds is 4. The van der Waals surface area contributed by atoms with Crippen molar-refractivity contribution in [2.24, 2.45) is 0 Å². The monoisotopic (exact) mass is 234 g/mol. The Hall–Kier alpha value is -1.05. The smallest absolute Gasteiger partial charge is 0.261 e. The number of halogens is 1. The predicted molar refractivity (Wildman–Crippen MR) is 51.1 cm³/mol. The summed E-state index contributed by atoms with van der Waals surface area (Å²) in [4.78, 5) is 3.42. The first-order valence-electron chi connectivity index (χ1n) is 4.22. The minimum Gasteiger partial charge on any atom is -0.392 e. The average molecular weight is 234 g/mol. The minimum atomic E-state index is -3.98. The lowest BCUT2D eigenvalue weighted by atomic mass is 10.4. The SMILES string of the molecule is C[C@H](O)CNS(=O)(=O)c1ncccc1F. The summed E-state index contributed by atoms with van der Waals surface area (Å²) in [5, 5.41) is 8.23. The third kappa shape index (κ3) is 3.22. The van der Waals surface area contributed by atoms with Crippen molar-refractivity contribution in [1.82, 2.24) is 9.71 Å². The second-order valence-electron chi connectivity index (χ2n) is 2.99. The fraction of sp³-hybridized carbons (Fsp3) is 0.375. The van der Waals surface area contributed by atoms with Crippen LogP contribution in [0.15, 0.2) is 23.4 Å². The van der Waals surface area contributed by atoms with Gasteiger partial charge in [-0.15, -0.1) is 0 Å². The molecular formula is C8H11FN2O3S. The molecule has 0 aliphatic carbocycles. The molecule has 0 saturated carbocycles. The number of aromatic nitrogens is 1. The quantitative estimate of drug-likeness (QED) is 0.761. The number of hydrogen-bond donors (Lipinski definition) is 2. The fourth-order valence-electron chi connectivity index (χ4n) is 0.868. The van der Waals surface area contributed by atoms with E-state index < -0.39 is 27.0 Å². The van der Waals surface area contributed by atoms with Gasteiger partial charge in [0, 0.05) is 12.7 Å². The highest BCUT2D eigenvalue weighted by molar-refractivity contribution is 7.89. The lowest BCUT2D eigenvalue weighted by molar-refractivity contribution is 0.198. The van der Waals surface area contributed by atoms with Crippen LogP contribution in [0.4, 0.5) is 4.39 Å². The van der Waals surface area contributed by atoms with Crippen molar-refractivity contribution in [3.05, 3.63) is 24.1 Å². The van der Waals surface area contributed by atoms with E-state index in [0.717, 1.165) is 6.07 Å². The summed E-state index contributed by atoms with van der Waals surface area (Å²) in [5.74, 6) is -0.921. The zero-order chi connectivity index (χ0) is 11.5. The Morgan fingerprint density at radius 1 is 1.67 bits per heavy atom. The van der Waals surface area contributed by atoms with Gasteiger partial charge in [0.25, 0.3) is 10.0 Å². The molecule has 7 heteroatoms. The van der Waals surface area contributed by atoms with Gasteiger partial charge in [-0.3, -0.25) is 0 Å². The molecule has 0 aromatic carbocycles. The van der Waals surface area contributed by atoms with Crippen molar-refractivity contribution < 1.29 is 17.9 Å². The van der Waals surface area contributed by atoms with Gasteiger partial charge in [-0.1, -0.05) is 0 Å². The van der Waals surface area contributed by atoms with E-state index in [1.165, 1.54) is 19.2 Å². The summed E-state index contributed by atoms with van der Waals surface area (Å²) < 4.78 is 38.0. The van der Waals surface area contributed by atoms with E-state index in [2.05, 4.69) is 4.98 Å². The van der Waals surface area contributed by atoms with Crippen LogP contribution in [0, 0.1) is 5.82 Å². The van der Waals surface area contributed by atoms with Gasteiger partial charge in [-0.05, 0) is 19.1 Å². The van der Waals surface area contributed by atoms with E-state index in [1.807, 2.05) is 4.72 Å². The molecule has 0 spiro atoms. The van der Waals surface area contributed by atoms with Crippen LogP contribution in [-0.4, -0.2) is 31.2 Å². The molecule has 0 saturated heterocycles. The molecule has 15 heavy (non-hydrogen) atoms. The number of aliphatic hydroxyl groups excluding tert-OH is 1. The van der Waals surface area contributed by atoms with Gasteiger partial charge < -0.3 is 5.11 Å². The largest absolute Gasteiger partial charge is 0.392 e. The molecule has 1 aromatic rings. The Kier molecular flexibility index (Phi) is 3.72. The summed E-state index contributed by atoms with van der Waals surface area (Å²) in [7, 11) is -3.98. The molecule has 1 atom stereocenters. The van der Waals surface area contributed by atoms with Crippen molar-refractivity contribution in [2.75, 3.05) is 6.54 Å². The molecule has 0 aliphatic heterocycles. The Morgan fingerprint density at radius 3 is 2.87 bits per heavy atom. The van der Waals surface area contributed by atoms with E-state index in [9.17, 15) is 12.8 Å². The first-order valence-corrected chi connectivity index (χ1v) is 5.70. The minimum absolute atomic E-state index is 0.182. The zero-order valence-corrected chi connectivity index (χ0v) is 8.83. The Morgan fingerprint density at radius 2 is 2.33 bits per heavy atom. The average Bonchev–Trinajstić information content (AvgIpc) is 2.15. The summed E-state index contributed by atoms with van der Waals surface area (Å²) in [6.07, 6.45) is 0.339. The van der Waals surface area contributed by atoms with Gasteiger partial charge >= 0.3 is 0 Å². The van der Waals surface area contributed by atoms with Crippen LogP contribution in [0.5, 0.6) is 0 Å². The Balaban J connectivity index is 2.92. The summed E-state index contributed by atoms with van der Waals surface area (Å²) in [6.45, 7) is 1.23. The van der Waals surface area contributed by atoms with Gasteiger partial charge in [0.1, 0.15) is 0 Å². The zero-order valence-electron chi connectivity index (χ0n) is 8.01. The molecule has 0 aliphatic rings. The number of sulfonamides is 1. The van der Waals surface area contributed by atoms with Gasteiger partial charge in [0.05, 0.1) is 6.10 Å². The first kappa shape index (κ1) is 12.0. The standard InChI is InChI=1S/C8H11FN2O3S/c1-6(12)5-11-15(13,14)8-7(9)3-2-4-10-8/h2-4,6,11-12H,5H2,1H3/t6-/m0/s1. The van der Waals surface area contributed by atoms with Crippen molar-refractivity contribution in [3.8, 4) is 0 Å². The van der Waals surface area contributed by atoms with Crippen molar-refractivity contribution in [1.29, 1.82) is 0 Å². The number of nitrogens with one attached hydrogen (secondary N) is 1. The van der Waals surface area contributed by atoms with Crippen LogP contribution < -0.4 is 4.72 Å². The van der Waals surface area contributed by atoms with Crippen molar-refractivity contribution in [2.45, 2.75) is 18.1 Å². The van der Waals surface area contributed by atoms with E-state index >= 15 is 0 Å². The molecule has 0 unspecified atom stereocenters. The van der Waals surface area contributed by atoms with E-state index in [0.29, 0.717) is 0 Å². The molecule has 84 valence electrons. The maximum atomic E-state index is 13.1. The highest BCUT2D eigenvalue weighted by atomic mass is 32.2. The van der Waals surface area contributed by atoms with Crippen LogP contribution in [0.25, 0.3) is 0 Å². The lowest BCUT2D eigenvalue weighted by Crippen LogP contribution is -2.31. The van der Waals surface area contributed by atoms with Gasteiger partial charge in [-0.2, -0.15) is 0 Å². The van der Waals surface area contributed by atoms with Crippen LogP contribution in [-0.2, 0) is 10.0 Å². The summed E-state index contributed by atoms with van der Waals surface area (Å²) in [5.41, 5.74) is 0. The predicted octanol–water partition coefficient (Wildman–Crippen LogP) is -0.120. The Bertz CT molecular complexity index is 433. The van der Waals surface area contributed by atoms with Gasteiger partial charge in [-0.25, -0.2) is 22.5 Å². The molecule has 1 rings (SSSR count). The molecule has 0 radical (unpaired) electrons. The van der Waals surface area contributed by atoms with Crippen LogP contribution >= 0.6 is 0 Å². The van der Waals surface area contributed by atoms with Gasteiger partial charge in [0.15, 0.2) is 5.82 Å². The van der Waals surface area contributed by atoms with Gasteiger partial charge in [0.2, 0.25) is 5.03 Å². The highest BCUT2D eigenvalue weighted by Crippen LogP contribution is 2.09. The molecular weight excluding hydrogens is 223 g/mol. The number of hydrogen-bond acceptors (Lipinski definition) is 4. The molecule has 0 bridgehead atoms. The highest BCUT2D eigenvalue weighted by Gasteiger charge is 2.20. The number of nitrogens with zero attached hydrogens (tertiary/aromatic N) is 1. The molecule has 5 nitrogen and oxygen atoms in total. The fourth-order valence-corrected chi connectivity index (χ4v) is 1.99. The number of aliphatic hydroxyl groups is 1. The second kappa shape index (κ2) is 4.65. The van der Waals surface area contributed by atoms with Crippen LogP contribution in [0.3, 0.4) is 0 Å². The Labute approximate surface area is 87.0 Å². The maximum absolute atomic E-state index is 13.1. The third-order valence-electron chi connectivity index (χ3n) is 1.55. The molecule has 1 aromatic heterocycles. The second-order valence-corrected chi connectivity index (χ2v) is 4.67. The molecule has 2 N–H and O–H groups in total.